The first-order chi connectivity index (χ1) is 10.6. The summed E-state index contributed by atoms with van der Waals surface area (Å²) in [5, 5.41) is 0. The zero-order valence-corrected chi connectivity index (χ0v) is 13.3. The number of benzene rings is 2. The van der Waals surface area contributed by atoms with Gasteiger partial charge in [-0.25, -0.2) is 0 Å². The summed E-state index contributed by atoms with van der Waals surface area (Å²) in [6, 6.07) is 15.4. The van der Waals surface area contributed by atoms with E-state index in [0.29, 0.717) is 11.8 Å². The Labute approximate surface area is 132 Å². The van der Waals surface area contributed by atoms with E-state index in [4.69, 9.17) is 4.74 Å². The molecule has 1 fully saturated rings. The Morgan fingerprint density at radius 1 is 0.955 bits per heavy atom. The van der Waals surface area contributed by atoms with Crippen LogP contribution in [0.5, 0.6) is 5.75 Å². The van der Waals surface area contributed by atoms with Gasteiger partial charge in [0.2, 0.25) is 0 Å². The van der Waals surface area contributed by atoms with Gasteiger partial charge in [-0.05, 0) is 49.8 Å². The molecule has 0 saturated heterocycles. The summed E-state index contributed by atoms with van der Waals surface area (Å²) in [5.41, 5.74) is 6.65. The lowest BCUT2D eigenvalue weighted by molar-refractivity contribution is 0.105. The average Bonchev–Trinajstić information content (AvgIpc) is 2.89. The van der Waals surface area contributed by atoms with Crippen molar-refractivity contribution in [3.63, 3.8) is 0 Å². The van der Waals surface area contributed by atoms with E-state index in [2.05, 4.69) is 62.9 Å². The molecule has 1 aliphatic heterocycles. The first-order valence-corrected chi connectivity index (χ1v) is 8.12. The maximum Gasteiger partial charge on any atom is 0.127 e. The van der Waals surface area contributed by atoms with E-state index in [9.17, 15) is 0 Å². The zero-order chi connectivity index (χ0) is 15.3. The normalized spacial score (nSPS) is 26.3. The molecule has 1 heteroatoms. The molecule has 0 bridgehead atoms. The van der Waals surface area contributed by atoms with Gasteiger partial charge in [-0.1, -0.05) is 59.7 Å². The first kappa shape index (κ1) is 13.6. The van der Waals surface area contributed by atoms with Gasteiger partial charge in [0.1, 0.15) is 11.9 Å². The molecule has 1 nitrogen and oxygen atoms in total. The number of fused-ring (bicyclic) bond motifs is 3. The predicted molar refractivity (Wildman–Crippen MR) is 90.3 cm³/mol. The van der Waals surface area contributed by atoms with Crippen LogP contribution in [0.3, 0.4) is 0 Å². The van der Waals surface area contributed by atoms with Crippen molar-refractivity contribution in [2.75, 3.05) is 0 Å². The van der Waals surface area contributed by atoms with E-state index in [-0.39, 0.29) is 6.10 Å². The van der Waals surface area contributed by atoms with Crippen molar-refractivity contribution < 1.29 is 4.74 Å². The van der Waals surface area contributed by atoms with Crippen LogP contribution in [-0.4, -0.2) is 0 Å². The van der Waals surface area contributed by atoms with Crippen LogP contribution in [0, 0.1) is 19.8 Å². The summed E-state index contributed by atoms with van der Waals surface area (Å²) in [6.45, 7) is 8.55. The van der Waals surface area contributed by atoms with Gasteiger partial charge >= 0.3 is 0 Å². The van der Waals surface area contributed by atoms with E-state index in [1.165, 1.54) is 27.8 Å². The van der Waals surface area contributed by atoms with Gasteiger partial charge in [-0.3, -0.25) is 0 Å². The van der Waals surface area contributed by atoms with Gasteiger partial charge in [0.25, 0.3) is 0 Å². The SMILES string of the molecule is C=C1C[C@H]2[C@@H](C1)c1cc(C)ccc1O[C@H]2c1ccc(C)cc1. The minimum absolute atomic E-state index is 0.153. The third-order valence-electron chi connectivity index (χ3n) is 5.16. The lowest BCUT2D eigenvalue weighted by atomic mass is 9.79. The predicted octanol–water partition coefficient (Wildman–Crippen LogP) is 5.49. The molecule has 1 saturated carbocycles. The lowest BCUT2D eigenvalue weighted by Gasteiger charge is -2.36. The van der Waals surface area contributed by atoms with E-state index >= 15 is 0 Å². The Bertz CT molecular complexity index is 726. The summed E-state index contributed by atoms with van der Waals surface area (Å²) in [5.74, 6) is 2.14. The molecule has 112 valence electrons. The number of rotatable bonds is 1. The molecule has 2 aromatic carbocycles. The van der Waals surface area contributed by atoms with Crippen molar-refractivity contribution in [1.29, 1.82) is 0 Å². The molecule has 0 radical (unpaired) electrons. The van der Waals surface area contributed by atoms with Crippen LogP contribution >= 0.6 is 0 Å². The van der Waals surface area contributed by atoms with Crippen LogP contribution in [0.1, 0.15) is 47.1 Å². The highest BCUT2D eigenvalue weighted by atomic mass is 16.5. The maximum atomic E-state index is 6.43. The highest BCUT2D eigenvalue weighted by Gasteiger charge is 2.43. The fraction of sp³-hybridized carbons (Fsp3) is 0.333. The molecule has 4 rings (SSSR count). The van der Waals surface area contributed by atoms with Crippen LogP contribution in [-0.2, 0) is 0 Å². The van der Waals surface area contributed by atoms with Crippen LogP contribution in [0.15, 0.2) is 54.6 Å². The molecule has 2 aliphatic rings. The van der Waals surface area contributed by atoms with Crippen molar-refractivity contribution in [1.82, 2.24) is 0 Å². The molecule has 0 unspecified atom stereocenters. The van der Waals surface area contributed by atoms with E-state index in [1.54, 1.807) is 0 Å². The molecule has 0 spiro atoms. The summed E-state index contributed by atoms with van der Waals surface area (Å²) in [6.07, 6.45) is 2.34. The Balaban J connectivity index is 1.79. The van der Waals surface area contributed by atoms with Gasteiger partial charge in [0.15, 0.2) is 0 Å². The monoisotopic (exact) mass is 290 g/mol. The van der Waals surface area contributed by atoms with Gasteiger partial charge in [-0.15, -0.1) is 0 Å². The van der Waals surface area contributed by atoms with Crippen molar-refractivity contribution in [2.24, 2.45) is 5.92 Å². The molecular formula is C21H22O. The molecule has 1 aliphatic carbocycles. The second-order valence-corrected chi connectivity index (χ2v) is 6.92. The summed E-state index contributed by atoms with van der Waals surface area (Å²) >= 11 is 0. The van der Waals surface area contributed by atoms with Crippen molar-refractivity contribution >= 4 is 0 Å². The molecule has 0 N–H and O–H groups in total. The minimum Gasteiger partial charge on any atom is -0.485 e. The van der Waals surface area contributed by atoms with Crippen LogP contribution in [0.4, 0.5) is 0 Å². The summed E-state index contributed by atoms with van der Waals surface area (Å²) in [7, 11) is 0. The molecule has 0 amide bonds. The standard InChI is InChI=1S/C21H22O/c1-13-4-7-16(8-5-13)21-19-12-15(3)11-17(19)18-10-14(2)6-9-20(18)22-21/h4-10,17,19,21H,3,11-12H2,1-2H3/t17-,19-,21-/m0/s1. The highest BCUT2D eigenvalue weighted by Crippen LogP contribution is 2.55. The molecule has 0 aromatic heterocycles. The third-order valence-corrected chi connectivity index (χ3v) is 5.16. The number of aryl methyl sites for hydroxylation is 2. The lowest BCUT2D eigenvalue weighted by Crippen LogP contribution is -2.26. The smallest absolute Gasteiger partial charge is 0.127 e. The highest BCUT2D eigenvalue weighted by molar-refractivity contribution is 5.45. The Hall–Kier alpha value is -2.02. The van der Waals surface area contributed by atoms with Gasteiger partial charge in [0.05, 0.1) is 0 Å². The number of hydrogen-bond donors (Lipinski definition) is 0. The molecule has 22 heavy (non-hydrogen) atoms. The largest absolute Gasteiger partial charge is 0.485 e. The molecular weight excluding hydrogens is 268 g/mol. The first-order valence-electron chi connectivity index (χ1n) is 8.12. The van der Waals surface area contributed by atoms with Crippen molar-refractivity contribution in [2.45, 2.75) is 38.7 Å². The minimum atomic E-state index is 0.153. The van der Waals surface area contributed by atoms with Gasteiger partial charge in [-0.2, -0.15) is 0 Å². The van der Waals surface area contributed by atoms with E-state index < -0.39 is 0 Å². The Morgan fingerprint density at radius 2 is 1.68 bits per heavy atom. The molecule has 3 atom stereocenters. The van der Waals surface area contributed by atoms with Crippen LogP contribution < -0.4 is 4.74 Å². The van der Waals surface area contributed by atoms with E-state index in [1.807, 2.05) is 0 Å². The van der Waals surface area contributed by atoms with Crippen LogP contribution in [0.2, 0.25) is 0 Å². The fourth-order valence-electron chi connectivity index (χ4n) is 4.04. The number of allylic oxidation sites excluding steroid dienone is 1. The number of ether oxygens (including phenoxy) is 1. The fourth-order valence-corrected chi connectivity index (χ4v) is 4.04. The van der Waals surface area contributed by atoms with Gasteiger partial charge in [0, 0.05) is 5.92 Å². The van der Waals surface area contributed by atoms with Gasteiger partial charge < -0.3 is 4.74 Å². The van der Waals surface area contributed by atoms with Crippen LogP contribution in [0.25, 0.3) is 0 Å². The third kappa shape index (κ3) is 2.16. The Kier molecular flexibility index (Phi) is 3.11. The van der Waals surface area contributed by atoms with Crippen molar-refractivity contribution in [3.05, 3.63) is 76.9 Å². The Morgan fingerprint density at radius 3 is 2.45 bits per heavy atom. The zero-order valence-electron chi connectivity index (χ0n) is 13.3. The molecule has 2 aromatic rings. The topological polar surface area (TPSA) is 9.23 Å². The quantitative estimate of drug-likeness (QED) is 0.631. The summed E-state index contributed by atoms with van der Waals surface area (Å²) < 4.78 is 6.43. The average molecular weight is 290 g/mol. The maximum absolute atomic E-state index is 6.43. The van der Waals surface area contributed by atoms with E-state index in [0.717, 1.165) is 18.6 Å². The second kappa shape index (κ2) is 5.01. The summed E-state index contributed by atoms with van der Waals surface area (Å²) in [4.78, 5) is 0. The molecule has 1 heterocycles. The number of hydrogen-bond acceptors (Lipinski definition) is 1. The van der Waals surface area contributed by atoms with Crippen molar-refractivity contribution in [3.8, 4) is 5.75 Å². The second-order valence-electron chi connectivity index (χ2n) is 6.92.